The van der Waals surface area contributed by atoms with Crippen molar-refractivity contribution in [1.29, 1.82) is 0 Å². The lowest BCUT2D eigenvalue weighted by molar-refractivity contribution is -0.385. The molecule has 1 aromatic carbocycles. The van der Waals surface area contributed by atoms with E-state index in [4.69, 9.17) is 10.5 Å². The number of ether oxygens (including phenoxy) is 1. The lowest BCUT2D eigenvalue weighted by Gasteiger charge is -2.08. The molecule has 0 spiro atoms. The Morgan fingerprint density at radius 1 is 1.40 bits per heavy atom. The number of nitro benzene ring substituents is 1. The van der Waals surface area contributed by atoms with Crippen LogP contribution in [0.1, 0.15) is 18.9 Å². The molecule has 0 amide bonds. The summed E-state index contributed by atoms with van der Waals surface area (Å²) in [7, 11) is -3.05. The van der Waals surface area contributed by atoms with Crippen molar-refractivity contribution in [1.82, 2.24) is 0 Å². The molecule has 0 aliphatic heterocycles. The Morgan fingerprint density at radius 3 is 2.65 bits per heavy atom. The summed E-state index contributed by atoms with van der Waals surface area (Å²) in [5.74, 6) is 0.204. The van der Waals surface area contributed by atoms with E-state index in [1.807, 2.05) is 0 Å². The zero-order valence-electron chi connectivity index (χ0n) is 11.2. The van der Waals surface area contributed by atoms with Crippen LogP contribution in [0.3, 0.4) is 0 Å². The Kier molecular flexibility index (Phi) is 5.90. The van der Waals surface area contributed by atoms with Crippen molar-refractivity contribution in [3.05, 3.63) is 33.9 Å². The molecule has 0 radical (unpaired) electrons. The minimum absolute atomic E-state index is 0.00781. The number of benzene rings is 1. The zero-order valence-corrected chi connectivity index (χ0v) is 12.1. The largest absolute Gasteiger partial charge is 0.487 e. The molecule has 7 nitrogen and oxygen atoms in total. The van der Waals surface area contributed by atoms with Crippen LogP contribution < -0.4 is 10.5 Å². The number of rotatable bonds is 8. The van der Waals surface area contributed by atoms with Gasteiger partial charge in [-0.15, -0.1) is 0 Å². The average Bonchev–Trinajstić information content (AvgIpc) is 2.43. The molecule has 1 aromatic rings. The molecule has 0 aliphatic rings. The second-order valence-electron chi connectivity index (χ2n) is 4.20. The first-order valence-electron chi connectivity index (χ1n) is 6.20. The standard InChI is InChI=1S/C12H18N2O5S/c1-2-20(17,18)7-3-6-19-12-8-10(9-13)4-5-11(12)14(15)16/h4-5,8H,2-3,6-7,9,13H2,1H3. The van der Waals surface area contributed by atoms with Crippen LogP contribution in [0.2, 0.25) is 0 Å². The van der Waals surface area contributed by atoms with E-state index in [9.17, 15) is 18.5 Å². The zero-order chi connectivity index (χ0) is 15.2. The highest BCUT2D eigenvalue weighted by molar-refractivity contribution is 7.91. The molecule has 0 saturated heterocycles. The summed E-state index contributed by atoms with van der Waals surface area (Å²) >= 11 is 0. The third-order valence-corrected chi connectivity index (χ3v) is 4.54. The predicted molar refractivity (Wildman–Crippen MR) is 75.4 cm³/mol. The van der Waals surface area contributed by atoms with Gasteiger partial charge in [0.2, 0.25) is 0 Å². The molecule has 0 bridgehead atoms. The van der Waals surface area contributed by atoms with Gasteiger partial charge in [-0.05, 0) is 18.1 Å². The van der Waals surface area contributed by atoms with Crippen molar-refractivity contribution < 1.29 is 18.1 Å². The first kappa shape index (κ1) is 16.4. The number of sulfone groups is 1. The van der Waals surface area contributed by atoms with Crippen LogP contribution in [-0.4, -0.2) is 31.5 Å². The highest BCUT2D eigenvalue weighted by Gasteiger charge is 2.15. The number of hydrogen-bond donors (Lipinski definition) is 1. The Balaban J connectivity index is 2.69. The third-order valence-electron chi connectivity index (χ3n) is 2.75. The Morgan fingerprint density at radius 2 is 2.10 bits per heavy atom. The van der Waals surface area contributed by atoms with E-state index in [0.717, 1.165) is 0 Å². The molecule has 112 valence electrons. The van der Waals surface area contributed by atoms with Crippen molar-refractivity contribution >= 4 is 15.5 Å². The molecule has 2 N–H and O–H groups in total. The Hall–Kier alpha value is -1.67. The summed E-state index contributed by atoms with van der Waals surface area (Å²) in [6.45, 7) is 1.93. The van der Waals surface area contributed by atoms with Crippen molar-refractivity contribution in [3.8, 4) is 5.75 Å². The normalized spacial score (nSPS) is 11.3. The molecule has 0 heterocycles. The van der Waals surface area contributed by atoms with Gasteiger partial charge in [0, 0.05) is 18.4 Å². The number of nitro groups is 1. The second kappa shape index (κ2) is 7.20. The van der Waals surface area contributed by atoms with E-state index in [-0.39, 0.29) is 36.1 Å². The molecule has 20 heavy (non-hydrogen) atoms. The van der Waals surface area contributed by atoms with E-state index >= 15 is 0 Å². The van der Waals surface area contributed by atoms with Crippen LogP contribution in [0.5, 0.6) is 5.75 Å². The number of nitrogens with two attached hydrogens (primary N) is 1. The van der Waals surface area contributed by atoms with Gasteiger partial charge < -0.3 is 10.5 Å². The molecule has 8 heteroatoms. The fourth-order valence-corrected chi connectivity index (χ4v) is 2.40. The highest BCUT2D eigenvalue weighted by atomic mass is 32.2. The van der Waals surface area contributed by atoms with Gasteiger partial charge in [0.1, 0.15) is 9.84 Å². The van der Waals surface area contributed by atoms with Gasteiger partial charge in [-0.2, -0.15) is 0 Å². The first-order valence-corrected chi connectivity index (χ1v) is 8.02. The van der Waals surface area contributed by atoms with Gasteiger partial charge in [0.15, 0.2) is 5.75 Å². The van der Waals surface area contributed by atoms with Crippen LogP contribution in [0, 0.1) is 10.1 Å². The molecule has 0 atom stereocenters. The van der Waals surface area contributed by atoms with E-state index in [0.29, 0.717) is 12.0 Å². The average molecular weight is 302 g/mol. The molecule has 1 rings (SSSR count). The lowest BCUT2D eigenvalue weighted by Crippen LogP contribution is -2.12. The molecular weight excluding hydrogens is 284 g/mol. The maximum absolute atomic E-state index is 11.3. The highest BCUT2D eigenvalue weighted by Crippen LogP contribution is 2.28. The van der Waals surface area contributed by atoms with Gasteiger partial charge in [-0.25, -0.2) is 8.42 Å². The maximum atomic E-state index is 11.3. The summed E-state index contributed by atoms with van der Waals surface area (Å²) in [5, 5.41) is 10.9. The van der Waals surface area contributed by atoms with Crippen LogP contribution in [0.25, 0.3) is 0 Å². The van der Waals surface area contributed by atoms with Gasteiger partial charge >= 0.3 is 5.69 Å². The summed E-state index contributed by atoms with van der Waals surface area (Å²) < 4.78 is 27.9. The SMILES string of the molecule is CCS(=O)(=O)CCCOc1cc(CN)ccc1[N+](=O)[O-]. The van der Waals surface area contributed by atoms with E-state index < -0.39 is 14.8 Å². The van der Waals surface area contributed by atoms with Crippen molar-refractivity contribution in [2.75, 3.05) is 18.1 Å². The van der Waals surface area contributed by atoms with Gasteiger partial charge in [0.25, 0.3) is 0 Å². The predicted octanol–water partition coefficient (Wildman–Crippen LogP) is 1.26. The van der Waals surface area contributed by atoms with Gasteiger partial charge in [0.05, 0.1) is 17.3 Å². The minimum Gasteiger partial charge on any atom is -0.487 e. The van der Waals surface area contributed by atoms with Crippen molar-refractivity contribution in [2.24, 2.45) is 5.73 Å². The molecule has 0 saturated carbocycles. The van der Waals surface area contributed by atoms with Crippen molar-refractivity contribution in [2.45, 2.75) is 19.9 Å². The van der Waals surface area contributed by atoms with Crippen LogP contribution in [-0.2, 0) is 16.4 Å². The molecule has 0 unspecified atom stereocenters. The smallest absolute Gasteiger partial charge is 0.310 e. The quantitative estimate of drug-likeness (QED) is 0.439. The topological polar surface area (TPSA) is 113 Å². The second-order valence-corrected chi connectivity index (χ2v) is 6.67. The molecular formula is C12H18N2O5S. The number of hydrogen-bond acceptors (Lipinski definition) is 6. The molecule has 0 aromatic heterocycles. The van der Waals surface area contributed by atoms with Crippen LogP contribution in [0.15, 0.2) is 18.2 Å². The third kappa shape index (κ3) is 4.78. The summed E-state index contributed by atoms with van der Waals surface area (Å²) in [5.41, 5.74) is 6.03. The van der Waals surface area contributed by atoms with Crippen molar-refractivity contribution in [3.63, 3.8) is 0 Å². The van der Waals surface area contributed by atoms with Crippen LogP contribution in [0.4, 0.5) is 5.69 Å². The Labute approximate surface area is 117 Å². The summed E-state index contributed by atoms with van der Waals surface area (Å²) in [4.78, 5) is 10.3. The van der Waals surface area contributed by atoms with E-state index in [1.165, 1.54) is 12.1 Å². The minimum atomic E-state index is -3.05. The summed E-state index contributed by atoms with van der Waals surface area (Å²) in [6.07, 6.45) is 0.292. The van der Waals surface area contributed by atoms with Gasteiger partial charge in [-0.3, -0.25) is 10.1 Å². The van der Waals surface area contributed by atoms with E-state index in [1.54, 1.807) is 13.0 Å². The molecule has 0 aliphatic carbocycles. The summed E-state index contributed by atoms with van der Waals surface area (Å²) in [6, 6.07) is 4.40. The first-order chi connectivity index (χ1) is 9.39. The van der Waals surface area contributed by atoms with Crippen LogP contribution >= 0.6 is 0 Å². The number of nitrogens with zero attached hydrogens (tertiary/aromatic N) is 1. The fourth-order valence-electron chi connectivity index (χ4n) is 1.56. The fraction of sp³-hybridized carbons (Fsp3) is 0.500. The monoisotopic (exact) mass is 302 g/mol. The van der Waals surface area contributed by atoms with E-state index in [2.05, 4.69) is 0 Å². The lowest BCUT2D eigenvalue weighted by atomic mass is 10.2. The Bertz CT molecular complexity index is 571. The molecule has 0 fully saturated rings. The van der Waals surface area contributed by atoms with Gasteiger partial charge in [-0.1, -0.05) is 13.0 Å². The maximum Gasteiger partial charge on any atom is 0.310 e.